The summed E-state index contributed by atoms with van der Waals surface area (Å²) in [6, 6.07) is 14.0. The first-order valence-corrected chi connectivity index (χ1v) is 12.1. The summed E-state index contributed by atoms with van der Waals surface area (Å²) in [6.07, 6.45) is 0.585. The molecule has 0 radical (unpaired) electrons. The Labute approximate surface area is 205 Å². The van der Waals surface area contributed by atoms with Gasteiger partial charge in [-0.05, 0) is 63.6 Å². The summed E-state index contributed by atoms with van der Waals surface area (Å²) in [6.45, 7) is 8.70. The molecular formula is C27H33N3O5. The van der Waals surface area contributed by atoms with E-state index in [4.69, 9.17) is 14.5 Å². The molecule has 0 aliphatic heterocycles. The molecule has 2 aromatic carbocycles. The monoisotopic (exact) mass is 479 g/mol. The van der Waals surface area contributed by atoms with Crippen molar-refractivity contribution >= 4 is 22.8 Å². The van der Waals surface area contributed by atoms with Gasteiger partial charge in [-0.15, -0.1) is 0 Å². The average Bonchev–Trinajstić information content (AvgIpc) is 2.87. The molecule has 0 saturated carbocycles. The first kappa shape index (κ1) is 25.9. The molecular weight excluding hydrogens is 446 g/mol. The van der Waals surface area contributed by atoms with E-state index in [1.54, 1.807) is 28.5 Å². The molecule has 0 bridgehead atoms. The molecule has 8 heteroatoms. The topological polar surface area (TPSA) is 90.7 Å². The molecule has 3 aromatic rings. The van der Waals surface area contributed by atoms with Gasteiger partial charge >= 0.3 is 5.97 Å². The van der Waals surface area contributed by atoms with Crippen molar-refractivity contribution in [2.75, 3.05) is 19.8 Å². The van der Waals surface area contributed by atoms with Crippen molar-refractivity contribution in [2.45, 2.75) is 53.0 Å². The predicted octanol–water partition coefficient (Wildman–Crippen LogP) is 4.43. The highest BCUT2D eigenvalue weighted by atomic mass is 16.5. The van der Waals surface area contributed by atoms with E-state index in [2.05, 4.69) is 0 Å². The highest BCUT2D eigenvalue weighted by Gasteiger charge is 2.28. The fourth-order valence-electron chi connectivity index (χ4n) is 4.18. The Morgan fingerprint density at radius 1 is 0.971 bits per heavy atom. The Bertz CT molecular complexity index is 1220. The highest BCUT2D eigenvalue weighted by Crippen LogP contribution is 2.27. The normalized spacial score (nSPS) is 11.8. The van der Waals surface area contributed by atoms with Crippen LogP contribution in [-0.2, 0) is 14.3 Å². The van der Waals surface area contributed by atoms with Gasteiger partial charge in [-0.1, -0.05) is 19.1 Å². The van der Waals surface area contributed by atoms with Crippen molar-refractivity contribution in [2.24, 2.45) is 0 Å². The molecule has 35 heavy (non-hydrogen) atoms. The quantitative estimate of drug-likeness (QED) is 0.378. The second-order valence-corrected chi connectivity index (χ2v) is 7.96. The summed E-state index contributed by atoms with van der Waals surface area (Å²) in [5.41, 5.74) is 1.01. The number of carbonyl (C=O) groups excluding carboxylic acids is 2. The van der Waals surface area contributed by atoms with E-state index in [1.807, 2.05) is 57.2 Å². The van der Waals surface area contributed by atoms with Crippen molar-refractivity contribution in [1.82, 2.24) is 14.5 Å². The van der Waals surface area contributed by atoms with Gasteiger partial charge in [0.1, 0.15) is 11.6 Å². The maximum absolute atomic E-state index is 13.7. The summed E-state index contributed by atoms with van der Waals surface area (Å²) in [5, 5.41) is 0.497. The maximum Gasteiger partial charge on any atom is 0.306 e. The Balaban J connectivity index is 2.10. The zero-order chi connectivity index (χ0) is 25.4. The van der Waals surface area contributed by atoms with Crippen molar-refractivity contribution < 1.29 is 19.1 Å². The number of carbonyl (C=O) groups is 2. The fraction of sp³-hybridized carbons (Fsp3) is 0.407. The zero-order valence-electron chi connectivity index (χ0n) is 20.8. The van der Waals surface area contributed by atoms with Crippen LogP contribution in [0, 0.1) is 0 Å². The lowest BCUT2D eigenvalue weighted by Gasteiger charge is -2.31. The molecule has 3 rings (SSSR count). The van der Waals surface area contributed by atoms with E-state index >= 15 is 0 Å². The van der Waals surface area contributed by atoms with E-state index in [0.717, 1.165) is 0 Å². The summed E-state index contributed by atoms with van der Waals surface area (Å²) >= 11 is 0. The maximum atomic E-state index is 13.7. The highest BCUT2D eigenvalue weighted by molar-refractivity contribution is 5.82. The van der Waals surface area contributed by atoms with Crippen molar-refractivity contribution in [3.63, 3.8) is 0 Å². The van der Waals surface area contributed by atoms with Crippen molar-refractivity contribution in [3.05, 3.63) is 64.7 Å². The number of benzene rings is 2. The minimum atomic E-state index is -0.460. The largest absolute Gasteiger partial charge is 0.494 e. The van der Waals surface area contributed by atoms with Gasteiger partial charge in [-0.25, -0.2) is 4.98 Å². The molecule has 1 amide bonds. The third-order valence-corrected chi connectivity index (χ3v) is 5.78. The lowest BCUT2D eigenvalue weighted by atomic mass is 10.1. The lowest BCUT2D eigenvalue weighted by Crippen LogP contribution is -2.38. The molecule has 186 valence electrons. The van der Waals surface area contributed by atoms with Gasteiger partial charge in [0.25, 0.3) is 5.56 Å². The SMILES string of the molecule is CCOC(=O)CCC(=O)N(CC)C(CC)c1nc2ccccc2c(=O)n1-c1ccc(OCC)cc1. The number of ether oxygens (including phenoxy) is 2. The standard InChI is InChI=1S/C27H33N3O5/c1-5-23(29(6-2)24(31)17-18-25(32)35-8-4)26-28-22-12-10-9-11-21(22)27(33)30(26)19-13-15-20(16-14-19)34-7-3/h9-16,23H,5-8,17-18H2,1-4H3. The molecule has 0 fully saturated rings. The molecule has 8 nitrogen and oxygen atoms in total. The number of amides is 1. The predicted molar refractivity (Wildman–Crippen MR) is 135 cm³/mol. The number of esters is 1. The van der Waals surface area contributed by atoms with Crippen LogP contribution in [0.1, 0.15) is 58.8 Å². The van der Waals surface area contributed by atoms with Crippen LogP contribution in [-0.4, -0.2) is 46.1 Å². The molecule has 1 atom stereocenters. The van der Waals surface area contributed by atoms with E-state index in [9.17, 15) is 14.4 Å². The summed E-state index contributed by atoms with van der Waals surface area (Å²) in [4.78, 5) is 45.2. The minimum absolute atomic E-state index is 0.0104. The third-order valence-electron chi connectivity index (χ3n) is 5.78. The average molecular weight is 480 g/mol. The fourth-order valence-corrected chi connectivity index (χ4v) is 4.18. The zero-order valence-corrected chi connectivity index (χ0v) is 20.8. The molecule has 0 spiro atoms. The summed E-state index contributed by atoms with van der Waals surface area (Å²) in [5.74, 6) is 0.593. The van der Waals surface area contributed by atoms with Crippen LogP contribution < -0.4 is 10.3 Å². The van der Waals surface area contributed by atoms with Gasteiger partial charge < -0.3 is 14.4 Å². The van der Waals surface area contributed by atoms with Gasteiger partial charge in [-0.2, -0.15) is 0 Å². The smallest absolute Gasteiger partial charge is 0.306 e. The van der Waals surface area contributed by atoms with Crippen LogP contribution in [0.3, 0.4) is 0 Å². The lowest BCUT2D eigenvalue weighted by molar-refractivity contribution is -0.146. The Morgan fingerprint density at radius 3 is 2.31 bits per heavy atom. The van der Waals surface area contributed by atoms with E-state index < -0.39 is 12.0 Å². The Hall–Kier alpha value is -3.68. The number of fused-ring (bicyclic) bond motifs is 1. The number of rotatable bonds is 11. The van der Waals surface area contributed by atoms with Gasteiger partial charge in [0.2, 0.25) is 5.91 Å². The van der Waals surface area contributed by atoms with Crippen LogP contribution >= 0.6 is 0 Å². The third kappa shape index (κ3) is 5.88. The van der Waals surface area contributed by atoms with Crippen molar-refractivity contribution in [3.8, 4) is 11.4 Å². The van der Waals surface area contributed by atoms with Crippen molar-refractivity contribution in [1.29, 1.82) is 0 Å². The summed E-state index contributed by atoms with van der Waals surface area (Å²) < 4.78 is 12.1. The van der Waals surface area contributed by atoms with Gasteiger partial charge in [0.05, 0.1) is 42.3 Å². The number of para-hydroxylation sites is 1. The second kappa shape index (κ2) is 12.1. The second-order valence-electron chi connectivity index (χ2n) is 7.96. The van der Waals surface area contributed by atoms with Crippen LogP contribution in [0.25, 0.3) is 16.6 Å². The molecule has 1 heterocycles. The Morgan fingerprint density at radius 2 is 1.69 bits per heavy atom. The first-order chi connectivity index (χ1) is 16.9. The van der Waals surface area contributed by atoms with Crippen LogP contribution in [0.4, 0.5) is 0 Å². The Kier molecular flexibility index (Phi) is 9.00. The van der Waals surface area contributed by atoms with Gasteiger partial charge in [0.15, 0.2) is 0 Å². The van der Waals surface area contributed by atoms with Crippen LogP contribution in [0.15, 0.2) is 53.3 Å². The van der Waals surface area contributed by atoms with E-state index in [-0.39, 0.29) is 30.9 Å². The molecule has 1 unspecified atom stereocenters. The van der Waals surface area contributed by atoms with E-state index in [1.165, 1.54) is 0 Å². The van der Waals surface area contributed by atoms with Gasteiger partial charge in [-0.3, -0.25) is 19.0 Å². The molecule has 1 aromatic heterocycles. The number of hydrogen-bond donors (Lipinski definition) is 0. The van der Waals surface area contributed by atoms with E-state index in [0.29, 0.717) is 47.7 Å². The molecule has 0 saturated heterocycles. The minimum Gasteiger partial charge on any atom is -0.494 e. The molecule has 0 aliphatic rings. The first-order valence-electron chi connectivity index (χ1n) is 12.1. The van der Waals surface area contributed by atoms with Crippen LogP contribution in [0.2, 0.25) is 0 Å². The number of aromatic nitrogens is 2. The molecule has 0 N–H and O–H groups in total. The van der Waals surface area contributed by atoms with Gasteiger partial charge in [0, 0.05) is 13.0 Å². The molecule has 0 aliphatic carbocycles. The number of hydrogen-bond acceptors (Lipinski definition) is 6. The number of nitrogens with zero attached hydrogens (tertiary/aromatic N) is 3. The van der Waals surface area contributed by atoms with Crippen LogP contribution in [0.5, 0.6) is 5.75 Å². The summed E-state index contributed by atoms with van der Waals surface area (Å²) in [7, 11) is 0.